The predicted octanol–water partition coefficient (Wildman–Crippen LogP) is 1.61. The molecule has 7 nitrogen and oxygen atoms in total. The van der Waals surface area contributed by atoms with E-state index in [1.54, 1.807) is 18.5 Å². The SMILES string of the molecule is CS(=O)(=O)Nc1cccc(CNC2CCCN(c3ncccn3)C2)c1. The second-order valence-electron chi connectivity index (χ2n) is 6.29. The minimum Gasteiger partial charge on any atom is -0.339 e. The van der Waals surface area contributed by atoms with E-state index in [2.05, 4.69) is 24.9 Å². The van der Waals surface area contributed by atoms with E-state index in [0.29, 0.717) is 18.3 Å². The normalized spacial score (nSPS) is 18.1. The number of rotatable bonds is 6. The van der Waals surface area contributed by atoms with Crippen LogP contribution in [0.5, 0.6) is 0 Å². The average molecular weight is 361 g/mol. The van der Waals surface area contributed by atoms with Crippen molar-refractivity contribution in [2.75, 3.05) is 29.0 Å². The first-order valence-corrected chi connectivity index (χ1v) is 10.2. The number of benzene rings is 1. The molecule has 2 N–H and O–H groups in total. The lowest BCUT2D eigenvalue weighted by Gasteiger charge is -2.33. The standard InChI is InChI=1S/C17H23N5O2S/c1-25(23,24)21-15-6-2-5-14(11-15)12-20-16-7-3-10-22(13-16)17-18-8-4-9-19-17/h2,4-6,8-9,11,16,20-21H,3,7,10,12-13H2,1H3. The summed E-state index contributed by atoms with van der Waals surface area (Å²) < 4.78 is 25.2. The molecule has 25 heavy (non-hydrogen) atoms. The number of anilines is 2. The Morgan fingerprint density at radius 1 is 1.24 bits per heavy atom. The quantitative estimate of drug-likeness (QED) is 0.813. The highest BCUT2D eigenvalue weighted by atomic mass is 32.2. The minimum absolute atomic E-state index is 0.351. The molecule has 8 heteroatoms. The molecule has 0 spiro atoms. The first-order valence-electron chi connectivity index (χ1n) is 8.32. The number of nitrogens with one attached hydrogen (secondary N) is 2. The molecule has 1 atom stereocenters. The van der Waals surface area contributed by atoms with E-state index in [1.807, 2.05) is 24.3 Å². The molecule has 0 aliphatic carbocycles. The molecule has 0 saturated carbocycles. The smallest absolute Gasteiger partial charge is 0.229 e. The fraction of sp³-hybridized carbons (Fsp3) is 0.412. The van der Waals surface area contributed by atoms with Crippen molar-refractivity contribution in [1.82, 2.24) is 15.3 Å². The van der Waals surface area contributed by atoms with Gasteiger partial charge in [0.2, 0.25) is 16.0 Å². The molecular weight excluding hydrogens is 338 g/mol. The summed E-state index contributed by atoms with van der Waals surface area (Å²) >= 11 is 0. The van der Waals surface area contributed by atoms with Crippen LogP contribution in [-0.4, -0.2) is 43.8 Å². The summed E-state index contributed by atoms with van der Waals surface area (Å²) in [5, 5.41) is 3.55. The van der Waals surface area contributed by atoms with Crippen molar-refractivity contribution in [3.63, 3.8) is 0 Å². The highest BCUT2D eigenvalue weighted by Gasteiger charge is 2.21. The fourth-order valence-electron chi connectivity index (χ4n) is 3.00. The zero-order valence-corrected chi connectivity index (χ0v) is 15.0. The van der Waals surface area contributed by atoms with Crippen molar-refractivity contribution >= 4 is 21.7 Å². The molecule has 1 aromatic heterocycles. The summed E-state index contributed by atoms with van der Waals surface area (Å²) in [7, 11) is -3.26. The van der Waals surface area contributed by atoms with Crippen LogP contribution in [0.4, 0.5) is 11.6 Å². The summed E-state index contributed by atoms with van der Waals surface area (Å²) in [6, 6.07) is 9.62. The van der Waals surface area contributed by atoms with Gasteiger partial charge in [0.05, 0.1) is 6.26 Å². The van der Waals surface area contributed by atoms with Crippen molar-refractivity contribution in [2.45, 2.75) is 25.4 Å². The van der Waals surface area contributed by atoms with Gasteiger partial charge in [-0.05, 0) is 36.6 Å². The van der Waals surface area contributed by atoms with Gasteiger partial charge in [-0.3, -0.25) is 4.72 Å². The molecule has 0 radical (unpaired) electrons. The molecule has 0 bridgehead atoms. The van der Waals surface area contributed by atoms with E-state index in [9.17, 15) is 8.42 Å². The second kappa shape index (κ2) is 7.79. The van der Waals surface area contributed by atoms with Gasteiger partial charge in [0.1, 0.15) is 0 Å². The largest absolute Gasteiger partial charge is 0.339 e. The molecule has 2 heterocycles. The molecule has 1 fully saturated rings. The Morgan fingerprint density at radius 3 is 2.80 bits per heavy atom. The monoisotopic (exact) mass is 361 g/mol. The van der Waals surface area contributed by atoms with Gasteiger partial charge in [0, 0.05) is 43.8 Å². The molecule has 1 aliphatic rings. The Balaban J connectivity index is 1.57. The Labute approximate surface area is 148 Å². The van der Waals surface area contributed by atoms with Gasteiger partial charge in [-0.25, -0.2) is 18.4 Å². The molecule has 1 aromatic carbocycles. The van der Waals surface area contributed by atoms with Gasteiger partial charge in [0.15, 0.2) is 0 Å². The topological polar surface area (TPSA) is 87.2 Å². The highest BCUT2D eigenvalue weighted by molar-refractivity contribution is 7.92. The molecule has 134 valence electrons. The van der Waals surface area contributed by atoms with Crippen LogP contribution in [0.15, 0.2) is 42.7 Å². The lowest BCUT2D eigenvalue weighted by atomic mass is 10.1. The van der Waals surface area contributed by atoms with Crippen LogP contribution in [0.2, 0.25) is 0 Å². The molecular formula is C17H23N5O2S. The second-order valence-corrected chi connectivity index (χ2v) is 8.04. The summed E-state index contributed by atoms with van der Waals surface area (Å²) in [5.74, 6) is 0.772. The van der Waals surface area contributed by atoms with Crippen molar-refractivity contribution in [2.24, 2.45) is 0 Å². The number of hydrogen-bond acceptors (Lipinski definition) is 6. The number of piperidine rings is 1. The van der Waals surface area contributed by atoms with Crippen LogP contribution in [0.3, 0.4) is 0 Å². The maximum Gasteiger partial charge on any atom is 0.229 e. The number of aromatic nitrogens is 2. The zero-order chi connectivity index (χ0) is 17.7. The van der Waals surface area contributed by atoms with Gasteiger partial charge in [-0.1, -0.05) is 12.1 Å². The van der Waals surface area contributed by atoms with Gasteiger partial charge in [-0.15, -0.1) is 0 Å². The number of hydrogen-bond donors (Lipinski definition) is 2. The van der Waals surface area contributed by atoms with Gasteiger partial charge < -0.3 is 10.2 Å². The Kier molecular flexibility index (Phi) is 5.50. The first kappa shape index (κ1) is 17.6. The summed E-state index contributed by atoms with van der Waals surface area (Å²) in [6.07, 6.45) is 6.87. The molecule has 0 amide bonds. The Morgan fingerprint density at radius 2 is 2.04 bits per heavy atom. The van der Waals surface area contributed by atoms with Crippen LogP contribution in [0, 0.1) is 0 Å². The third-order valence-electron chi connectivity index (χ3n) is 4.08. The van der Waals surface area contributed by atoms with E-state index in [4.69, 9.17) is 0 Å². The minimum atomic E-state index is -3.26. The summed E-state index contributed by atoms with van der Waals surface area (Å²) in [5.41, 5.74) is 1.63. The van der Waals surface area contributed by atoms with Crippen LogP contribution in [0.25, 0.3) is 0 Å². The van der Waals surface area contributed by atoms with Crippen molar-refractivity contribution in [1.29, 1.82) is 0 Å². The summed E-state index contributed by atoms with van der Waals surface area (Å²) in [6.45, 7) is 2.52. The van der Waals surface area contributed by atoms with Gasteiger partial charge in [-0.2, -0.15) is 0 Å². The van der Waals surface area contributed by atoms with E-state index >= 15 is 0 Å². The predicted molar refractivity (Wildman–Crippen MR) is 99.0 cm³/mol. The highest BCUT2D eigenvalue weighted by Crippen LogP contribution is 2.16. The maximum atomic E-state index is 11.3. The third kappa shape index (κ3) is 5.40. The Hall–Kier alpha value is -2.19. The maximum absolute atomic E-state index is 11.3. The van der Waals surface area contributed by atoms with E-state index in [1.165, 1.54) is 0 Å². The van der Waals surface area contributed by atoms with E-state index in [0.717, 1.165) is 43.7 Å². The average Bonchev–Trinajstić information content (AvgIpc) is 2.60. The van der Waals surface area contributed by atoms with Crippen LogP contribution >= 0.6 is 0 Å². The van der Waals surface area contributed by atoms with Crippen molar-refractivity contribution in [3.05, 3.63) is 48.3 Å². The third-order valence-corrected chi connectivity index (χ3v) is 4.69. The first-order chi connectivity index (χ1) is 12.0. The molecule has 1 saturated heterocycles. The molecule has 1 unspecified atom stereocenters. The lowest BCUT2D eigenvalue weighted by Crippen LogP contribution is -2.46. The van der Waals surface area contributed by atoms with Crippen molar-refractivity contribution < 1.29 is 8.42 Å². The Bertz CT molecular complexity index is 798. The molecule has 3 rings (SSSR count). The van der Waals surface area contributed by atoms with Gasteiger partial charge in [0.25, 0.3) is 0 Å². The fourth-order valence-corrected chi connectivity index (χ4v) is 3.56. The van der Waals surface area contributed by atoms with Crippen molar-refractivity contribution in [3.8, 4) is 0 Å². The molecule has 1 aliphatic heterocycles. The number of sulfonamides is 1. The van der Waals surface area contributed by atoms with Crippen LogP contribution in [-0.2, 0) is 16.6 Å². The zero-order valence-electron chi connectivity index (χ0n) is 14.2. The lowest BCUT2D eigenvalue weighted by molar-refractivity contribution is 0.418. The van der Waals surface area contributed by atoms with Crippen LogP contribution in [0.1, 0.15) is 18.4 Å². The summed E-state index contributed by atoms with van der Waals surface area (Å²) in [4.78, 5) is 10.8. The van der Waals surface area contributed by atoms with Gasteiger partial charge >= 0.3 is 0 Å². The van der Waals surface area contributed by atoms with Crippen LogP contribution < -0.4 is 14.9 Å². The van der Waals surface area contributed by atoms with E-state index in [-0.39, 0.29) is 0 Å². The van der Waals surface area contributed by atoms with E-state index < -0.39 is 10.0 Å². The number of nitrogens with zero attached hydrogens (tertiary/aromatic N) is 3. The molecule has 2 aromatic rings.